The van der Waals surface area contributed by atoms with Gasteiger partial charge in [0, 0.05) is 14.1 Å². The van der Waals surface area contributed by atoms with Crippen LogP contribution in [0.2, 0.25) is 0 Å². The molecule has 0 saturated carbocycles. The molecule has 0 amide bonds. The van der Waals surface area contributed by atoms with Crippen LogP contribution in [0.15, 0.2) is 9.98 Å². The first-order valence-electron chi connectivity index (χ1n) is 2.71. The predicted molar refractivity (Wildman–Crippen MR) is 36.6 cm³/mol. The molecule has 1 rings (SSSR count). The third-order valence-electron chi connectivity index (χ3n) is 0.934. The Hall–Kier alpha value is -1.06. The second-order valence-electron chi connectivity index (χ2n) is 1.91. The molecule has 0 aliphatic carbocycles. The Bertz CT molecular complexity index is 147. The average molecular weight is 125 g/mol. The van der Waals surface area contributed by atoms with Gasteiger partial charge in [0.1, 0.15) is 6.67 Å². The van der Waals surface area contributed by atoms with Gasteiger partial charge in [-0.1, -0.05) is 0 Å². The molecule has 0 aromatic rings. The third-order valence-corrected chi connectivity index (χ3v) is 0.934. The van der Waals surface area contributed by atoms with Crippen LogP contribution in [0, 0.1) is 0 Å². The van der Waals surface area contributed by atoms with E-state index in [-0.39, 0.29) is 0 Å². The molecule has 0 spiro atoms. The number of hydrogen-bond donors (Lipinski definition) is 1. The van der Waals surface area contributed by atoms with Gasteiger partial charge in [0.25, 0.3) is 0 Å². The molecule has 4 heteroatoms. The zero-order chi connectivity index (χ0) is 6.69. The molecule has 4 nitrogen and oxygen atoms in total. The van der Waals surface area contributed by atoms with Crippen molar-refractivity contribution in [2.75, 3.05) is 20.8 Å². The number of nitrogens with one attached hydrogen (secondary N) is 1. The van der Waals surface area contributed by atoms with Crippen LogP contribution >= 0.6 is 0 Å². The van der Waals surface area contributed by atoms with Crippen LogP contribution in [0.5, 0.6) is 0 Å². The van der Waals surface area contributed by atoms with Crippen LogP contribution in [0.3, 0.4) is 0 Å². The van der Waals surface area contributed by atoms with Crippen molar-refractivity contribution in [3.8, 4) is 0 Å². The summed E-state index contributed by atoms with van der Waals surface area (Å²) in [7, 11) is 3.80. The summed E-state index contributed by atoms with van der Waals surface area (Å²) >= 11 is 0. The first kappa shape index (κ1) is 6.07. The van der Waals surface area contributed by atoms with Crippen LogP contribution in [0.25, 0.3) is 0 Å². The fraction of sp³-hybridized carbons (Fsp3) is 0.600. The smallest absolute Gasteiger partial charge is 0.224 e. The summed E-state index contributed by atoms with van der Waals surface area (Å²) in [5.41, 5.74) is 0. The van der Waals surface area contributed by atoms with E-state index in [1.807, 2.05) is 19.0 Å². The summed E-state index contributed by atoms with van der Waals surface area (Å²) in [6, 6.07) is 0. The summed E-state index contributed by atoms with van der Waals surface area (Å²) in [6.45, 7) is 0.580. The van der Waals surface area contributed by atoms with Crippen LogP contribution in [0.1, 0.15) is 0 Å². The minimum atomic E-state index is 0.580. The van der Waals surface area contributed by atoms with Crippen molar-refractivity contribution in [1.29, 1.82) is 0 Å². The molecule has 0 saturated heterocycles. The zero-order valence-corrected chi connectivity index (χ0v) is 5.55. The molecule has 1 N–H and O–H groups in total. The molecule has 49 valence electrons. The molecule has 0 aromatic carbocycles. The molecule has 0 aromatic heterocycles. The Balaban J connectivity index is 2.58. The predicted octanol–water partition coefficient (Wildman–Crippen LogP) is -0.630. The summed E-state index contributed by atoms with van der Waals surface area (Å²) in [5.74, 6) is 0.716. The summed E-state index contributed by atoms with van der Waals surface area (Å²) in [4.78, 5) is 9.72. The second-order valence-corrected chi connectivity index (χ2v) is 1.91. The normalized spacial score (nSPS) is 16.4. The molecular formula is C5H9N4. The summed E-state index contributed by atoms with van der Waals surface area (Å²) in [5, 5.41) is 2.74. The molecule has 0 fully saturated rings. The number of rotatable bonds is 0. The Kier molecular flexibility index (Phi) is 1.67. The SMILES string of the molecule is CN(C)C1=NCN[C]=N1. The van der Waals surface area contributed by atoms with Gasteiger partial charge in [-0.15, -0.1) is 0 Å². The monoisotopic (exact) mass is 125 g/mol. The molecule has 0 atom stereocenters. The molecule has 9 heavy (non-hydrogen) atoms. The van der Waals surface area contributed by atoms with Crippen molar-refractivity contribution >= 4 is 12.3 Å². The van der Waals surface area contributed by atoms with E-state index in [0.717, 1.165) is 0 Å². The topological polar surface area (TPSA) is 40.0 Å². The first-order chi connectivity index (χ1) is 4.30. The van der Waals surface area contributed by atoms with E-state index in [1.165, 1.54) is 0 Å². The molecule has 1 aliphatic heterocycles. The van der Waals surface area contributed by atoms with E-state index in [2.05, 4.69) is 21.6 Å². The number of nitrogens with zero attached hydrogens (tertiary/aromatic N) is 3. The molecule has 0 bridgehead atoms. The molecule has 0 unspecified atom stereocenters. The van der Waals surface area contributed by atoms with Gasteiger partial charge in [0.15, 0.2) is 6.34 Å². The maximum absolute atomic E-state index is 4.03. The third kappa shape index (κ3) is 1.42. The van der Waals surface area contributed by atoms with Crippen molar-refractivity contribution in [3.63, 3.8) is 0 Å². The molecule has 1 aliphatic rings. The highest BCUT2D eigenvalue weighted by Crippen LogP contribution is 1.86. The minimum absolute atomic E-state index is 0.580. The minimum Gasteiger partial charge on any atom is -0.348 e. The lowest BCUT2D eigenvalue weighted by Gasteiger charge is -2.12. The van der Waals surface area contributed by atoms with Crippen molar-refractivity contribution < 1.29 is 0 Å². The lowest BCUT2D eigenvalue weighted by Crippen LogP contribution is -2.27. The van der Waals surface area contributed by atoms with Crippen LogP contribution in [-0.2, 0) is 0 Å². The molecular weight excluding hydrogens is 116 g/mol. The van der Waals surface area contributed by atoms with Gasteiger partial charge in [-0.05, 0) is 0 Å². The van der Waals surface area contributed by atoms with E-state index < -0.39 is 0 Å². The highest BCUT2D eigenvalue weighted by Gasteiger charge is 1.99. The van der Waals surface area contributed by atoms with Gasteiger partial charge in [-0.2, -0.15) is 4.99 Å². The quantitative estimate of drug-likeness (QED) is 0.468. The largest absolute Gasteiger partial charge is 0.348 e. The van der Waals surface area contributed by atoms with Crippen molar-refractivity contribution in [1.82, 2.24) is 10.2 Å². The van der Waals surface area contributed by atoms with Crippen LogP contribution in [0.4, 0.5) is 0 Å². The Morgan fingerprint density at radius 2 is 2.44 bits per heavy atom. The molecule has 1 heterocycles. The first-order valence-corrected chi connectivity index (χ1v) is 2.71. The lowest BCUT2D eigenvalue weighted by molar-refractivity contribution is 0.605. The highest BCUT2D eigenvalue weighted by molar-refractivity contribution is 5.88. The second kappa shape index (κ2) is 2.48. The number of aliphatic imine (C=N–C) groups is 2. The van der Waals surface area contributed by atoms with Gasteiger partial charge >= 0.3 is 0 Å². The lowest BCUT2D eigenvalue weighted by atomic mass is 10.7. The van der Waals surface area contributed by atoms with Crippen LogP contribution in [-0.4, -0.2) is 38.0 Å². The maximum Gasteiger partial charge on any atom is 0.224 e. The van der Waals surface area contributed by atoms with E-state index >= 15 is 0 Å². The number of hydrogen-bond acceptors (Lipinski definition) is 4. The maximum atomic E-state index is 4.03. The Morgan fingerprint density at radius 1 is 1.67 bits per heavy atom. The zero-order valence-electron chi connectivity index (χ0n) is 5.55. The summed E-state index contributed by atoms with van der Waals surface area (Å²) in [6.07, 6.45) is 2.62. The fourth-order valence-electron chi connectivity index (χ4n) is 0.512. The average Bonchev–Trinajstić information content (AvgIpc) is 1.90. The van der Waals surface area contributed by atoms with Gasteiger partial charge in [0.05, 0.1) is 0 Å². The van der Waals surface area contributed by atoms with Gasteiger partial charge < -0.3 is 10.2 Å². The van der Waals surface area contributed by atoms with E-state index in [4.69, 9.17) is 0 Å². The van der Waals surface area contributed by atoms with Crippen molar-refractivity contribution in [3.05, 3.63) is 0 Å². The standard InChI is InChI=1S/C5H9N4/c1-9(2)5-7-3-6-4-8-5/h3H2,1-2H3,(H,6,7,8). The van der Waals surface area contributed by atoms with Gasteiger partial charge in [-0.3, -0.25) is 0 Å². The van der Waals surface area contributed by atoms with Crippen LogP contribution < -0.4 is 5.32 Å². The van der Waals surface area contributed by atoms with Gasteiger partial charge in [0.2, 0.25) is 5.96 Å². The molecule has 1 radical (unpaired) electrons. The summed E-state index contributed by atoms with van der Waals surface area (Å²) < 4.78 is 0. The van der Waals surface area contributed by atoms with E-state index in [0.29, 0.717) is 12.6 Å². The van der Waals surface area contributed by atoms with Gasteiger partial charge in [-0.25, -0.2) is 4.99 Å². The van der Waals surface area contributed by atoms with Crippen molar-refractivity contribution in [2.24, 2.45) is 9.98 Å². The Labute approximate surface area is 54.3 Å². The number of guanidine groups is 1. The Morgan fingerprint density at radius 3 is 2.78 bits per heavy atom. The van der Waals surface area contributed by atoms with E-state index in [1.54, 1.807) is 0 Å². The fourth-order valence-corrected chi connectivity index (χ4v) is 0.512. The van der Waals surface area contributed by atoms with E-state index in [9.17, 15) is 0 Å². The highest BCUT2D eigenvalue weighted by atomic mass is 15.3. The van der Waals surface area contributed by atoms with Crippen molar-refractivity contribution in [2.45, 2.75) is 0 Å².